The van der Waals surface area contributed by atoms with Gasteiger partial charge in [0.2, 0.25) is 5.89 Å². The van der Waals surface area contributed by atoms with E-state index in [0.717, 1.165) is 19.4 Å². The van der Waals surface area contributed by atoms with E-state index in [4.69, 9.17) is 9.26 Å². The number of aliphatic hydroxyl groups excluding tert-OH is 1. The van der Waals surface area contributed by atoms with Crippen molar-refractivity contribution in [1.82, 2.24) is 10.1 Å². The van der Waals surface area contributed by atoms with Crippen LogP contribution in [0.25, 0.3) is 0 Å². The summed E-state index contributed by atoms with van der Waals surface area (Å²) in [5.74, 6) is 1.18. The van der Waals surface area contributed by atoms with Crippen molar-refractivity contribution in [3.05, 3.63) is 11.7 Å². The number of hydrogen-bond donors (Lipinski definition) is 1. The fourth-order valence-electron chi connectivity index (χ4n) is 1.94. The molecule has 2 rings (SSSR count). The van der Waals surface area contributed by atoms with Crippen LogP contribution in [0.2, 0.25) is 0 Å². The molecule has 0 spiro atoms. The van der Waals surface area contributed by atoms with Gasteiger partial charge in [-0.1, -0.05) is 25.9 Å². The molecule has 0 aliphatic carbocycles. The van der Waals surface area contributed by atoms with E-state index >= 15 is 0 Å². The second kappa shape index (κ2) is 5.36. The summed E-state index contributed by atoms with van der Waals surface area (Å²) < 4.78 is 10.7. The molecule has 0 saturated carbocycles. The van der Waals surface area contributed by atoms with E-state index in [1.165, 1.54) is 0 Å². The maximum absolute atomic E-state index is 9.98. The van der Waals surface area contributed by atoms with Crippen LogP contribution in [-0.2, 0) is 17.6 Å². The van der Waals surface area contributed by atoms with Gasteiger partial charge < -0.3 is 14.4 Å². The first kappa shape index (κ1) is 13.5. The lowest BCUT2D eigenvalue weighted by Crippen LogP contribution is -2.28. The van der Waals surface area contributed by atoms with Crippen molar-refractivity contribution in [1.29, 1.82) is 0 Å². The summed E-state index contributed by atoms with van der Waals surface area (Å²) >= 11 is 0. The summed E-state index contributed by atoms with van der Waals surface area (Å²) in [6.45, 7) is 6.79. The second-order valence-electron chi connectivity index (χ2n) is 6.03. The first-order chi connectivity index (χ1) is 8.45. The molecule has 1 saturated heterocycles. The summed E-state index contributed by atoms with van der Waals surface area (Å²) in [7, 11) is 0. The van der Waals surface area contributed by atoms with Gasteiger partial charge in [0, 0.05) is 13.0 Å². The van der Waals surface area contributed by atoms with Gasteiger partial charge in [-0.2, -0.15) is 4.98 Å². The largest absolute Gasteiger partial charge is 0.392 e. The van der Waals surface area contributed by atoms with Crippen LogP contribution in [0.3, 0.4) is 0 Å². The Labute approximate surface area is 108 Å². The zero-order chi connectivity index (χ0) is 13.2. The lowest BCUT2D eigenvalue weighted by molar-refractivity contribution is 0.0565. The van der Waals surface area contributed by atoms with Gasteiger partial charge in [-0.3, -0.25) is 0 Å². The molecule has 1 fully saturated rings. The normalized spacial score (nSPS) is 22.3. The Balaban J connectivity index is 1.89. The van der Waals surface area contributed by atoms with Crippen LogP contribution in [-0.4, -0.2) is 34.1 Å². The monoisotopic (exact) mass is 254 g/mol. The van der Waals surface area contributed by atoms with Gasteiger partial charge in [-0.15, -0.1) is 0 Å². The summed E-state index contributed by atoms with van der Waals surface area (Å²) in [6, 6.07) is 0. The minimum absolute atomic E-state index is 0.177. The van der Waals surface area contributed by atoms with E-state index in [2.05, 4.69) is 10.1 Å². The maximum atomic E-state index is 9.98. The molecule has 2 heterocycles. The highest BCUT2D eigenvalue weighted by Gasteiger charge is 2.25. The Bertz CT molecular complexity index is 378. The summed E-state index contributed by atoms with van der Waals surface area (Å²) in [5.41, 5.74) is -0.177. The van der Waals surface area contributed by atoms with Gasteiger partial charge in [0.1, 0.15) is 0 Å². The van der Waals surface area contributed by atoms with Crippen molar-refractivity contribution >= 4 is 0 Å². The zero-order valence-electron chi connectivity index (χ0n) is 11.3. The molecule has 0 amide bonds. The van der Waals surface area contributed by atoms with Crippen molar-refractivity contribution in [2.45, 2.75) is 58.7 Å². The van der Waals surface area contributed by atoms with Gasteiger partial charge in [-0.05, 0) is 18.3 Å². The third kappa shape index (κ3) is 3.53. The summed E-state index contributed by atoms with van der Waals surface area (Å²) in [4.78, 5) is 4.31. The fourth-order valence-corrected chi connectivity index (χ4v) is 1.94. The highest BCUT2D eigenvalue weighted by Crippen LogP contribution is 2.22. The van der Waals surface area contributed by atoms with Crippen LogP contribution in [0, 0.1) is 5.41 Å². The molecule has 5 heteroatoms. The molecule has 0 aromatic carbocycles. The van der Waals surface area contributed by atoms with Gasteiger partial charge in [0.15, 0.2) is 5.82 Å². The minimum atomic E-state index is -0.478. The van der Waals surface area contributed by atoms with Gasteiger partial charge in [0.25, 0.3) is 0 Å². The number of aromatic nitrogens is 2. The van der Waals surface area contributed by atoms with Gasteiger partial charge in [0.05, 0.1) is 18.6 Å². The quantitative estimate of drug-likeness (QED) is 0.886. The lowest BCUT2D eigenvalue weighted by atomic mass is 9.87. The maximum Gasteiger partial charge on any atom is 0.229 e. The van der Waals surface area contributed by atoms with Crippen molar-refractivity contribution in [3.63, 3.8) is 0 Å². The van der Waals surface area contributed by atoms with E-state index < -0.39 is 6.10 Å². The molecule has 2 unspecified atom stereocenters. The van der Waals surface area contributed by atoms with E-state index in [9.17, 15) is 5.11 Å². The number of aliphatic hydroxyl groups is 1. The fraction of sp³-hybridized carbons (Fsp3) is 0.846. The predicted molar refractivity (Wildman–Crippen MR) is 66.1 cm³/mol. The number of hydrogen-bond acceptors (Lipinski definition) is 5. The Kier molecular flexibility index (Phi) is 4.02. The first-order valence-electron chi connectivity index (χ1n) is 6.56. The molecule has 0 radical (unpaired) electrons. The van der Waals surface area contributed by atoms with E-state index in [1.807, 2.05) is 20.8 Å². The Hall–Kier alpha value is -0.940. The van der Waals surface area contributed by atoms with Crippen LogP contribution in [0.1, 0.15) is 45.3 Å². The smallest absolute Gasteiger partial charge is 0.229 e. The summed E-state index contributed by atoms with van der Waals surface area (Å²) in [6.07, 6.45) is 3.03. The van der Waals surface area contributed by atoms with Gasteiger partial charge in [-0.25, -0.2) is 0 Å². The molecule has 0 bridgehead atoms. The van der Waals surface area contributed by atoms with Crippen molar-refractivity contribution in [2.75, 3.05) is 6.61 Å². The summed E-state index contributed by atoms with van der Waals surface area (Å²) in [5, 5.41) is 13.9. The highest BCUT2D eigenvalue weighted by molar-refractivity contribution is 4.92. The highest BCUT2D eigenvalue weighted by atomic mass is 16.5. The molecule has 1 aliphatic rings. The number of rotatable bonds is 4. The zero-order valence-corrected chi connectivity index (χ0v) is 11.3. The van der Waals surface area contributed by atoms with E-state index in [0.29, 0.717) is 24.6 Å². The lowest BCUT2D eigenvalue weighted by Gasteiger charge is -2.24. The molecule has 2 atom stereocenters. The van der Waals surface area contributed by atoms with E-state index in [1.54, 1.807) is 0 Å². The molecule has 1 aromatic heterocycles. The third-order valence-electron chi connectivity index (χ3n) is 3.31. The number of nitrogens with zero attached hydrogens (tertiary/aromatic N) is 2. The van der Waals surface area contributed by atoms with Crippen LogP contribution < -0.4 is 0 Å². The average molecular weight is 254 g/mol. The molecule has 1 aromatic rings. The first-order valence-corrected chi connectivity index (χ1v) is 6.56. The minimum Gasteiger partial charge on any atom is -0.392 e. The topological polar surface area (TPSA) is 68.4 Å². The SMILES string of the molecule is CC(C)(C)C(O)Cc1nc(CC2CCCO2)no1. The van der Waals surface area contributed by atoms with Crippen LogP contribution >= 0.6 is 0 Å². The van der Waals surface area contributed by atoms with Crippen molar-refractivity contribution in [2.24, 2.45) is 5.41 Å². The molecular formula is C13H22N2O3. The number of ether oxygens (including phenoxy) is 1. The van der Waals surface area contributed by atoms with Crippen molar-refractivity contribution < 1.29 is 14.4 Å². The van der Waals surface area contributed by atoms with Crippen LogP contribution in [0.5, 0.6) is 0 Å². The second-order valence-corrected chi connectivity index (χ2v) is 6.03. The predicted octanol–water partition coefficient (Wildman–Crippen LogP) is 1.74. The Morgan fingerprint density at radius 3 is 2.83 bits per heavy atom. The molecule has 1 N–H and O–H groups in total. The molecule has 18 heavy (non-hydrogen) atoms. The van der Waals surface area contributed by atoms with Crippen molar-refractivity contribution in [3.8, 4) is 0 Å². The van der Waals surface area contributed by atoms with E-state index in [-0.39, 0.29) is 11.5 Å². The standard InChI is InChI=1S/C13H22N2O3/c1-13(2,3)10(16)8-12-14-11(15-18-12)7-9-5-4-6-17-9/h9-10,16H,4-8H2,1-3H3. The third-order valence-corrected chi connectivity index (χ3v) is 3.31. The molecule has 5 nitrogen and oxygen atoms in total. The van der Waals surface area contributed by atoms with Gasteiger partial charge >= 0.3 is 0 Å². The molecular weight excluding hydrogens is 232 g/mol. The Morgan fingerprint density at radius 2 is 2.22 bits per heavy atom. The molecule has 1 aliphatic heterocycles. The molecule has 102 valence electrons. The van der Waals surface area contributed by atoms with Crippen LogP contribution in [0.15, 0.2) is 4.52 Å². The Morgan fingerprint density at radius 1 is 1.44 bits per heavy atom. The van der Waals surface area contributed by atoms with Crippen LogP contribution in [0.4, 0.5) is 0 Å². The average Bonchev–Trinajstić information content (AvgIpc) is 2.89.